The van der Waals surface area contributed by atoms with Crippen molar-refractivity contribution < 1.29 is 20.4 Å². The molecule has 2 heterocycles. The second kappa shape index (κ2) is 3.21. The van der Waals surface area contributed by atoms with E-state index >= 15 is 0 Å². The smallest absolute Gasteiger partial charge is 0.119 e. The van der Waals surface area contributed by atoms with Crippen LogP contribution in [-0.4, -0.2) is 4.98 Å². The number of nitrogens with one attached hydrogen (secondary N) is 2. The van der Waals surface area contributed by atoms with E-state index < -0.39 is 0 Å². The molecule has 1 aromatic rings. The third-order valence-corrected chi connectivity index (χ3v) is 1.46. The van der Waals surface area contributed by atoms with Crippen molar-refractivity contribution in [3.8, 4) is 0 Å². The van der Waals surface area contributed by atoms with Crippen LogP contribution in [0.3, 0.4) is 0 Å². The van der Waals surface area contributed by atoms with E-state index in [2.05, 4.69) is 21.7 Å². The van der Waals surface area contributed by atoms with Crippen molar-refractivity contribution in [3.05, 3.63) is 24.5 Å². The van der Waals surface area contributed by atoms with Crippen LogP contribution in [0, 0.1) is 13.6 Å². The molecule has 0 unspecified atom stereocenters. The van der Waals surface area contributed by atoms with Crippen LogP contribution in [0.5, 0.6) is 0 Å². The number of anilines is 2. The molecule has 0 saturated heterocycles. The summed E-state index contributed by atoms with van der Waals surface area (Å²) in [4.78, 5) is 4.15. The summed E-state index contributed by atoms with van der Waals surface area (Å²) in [5.74, 6) is 0.908. The zero-order valence-electron chi connectivity index (χ0n) is 6.06. The Hall–Kier alpha value is -0.588. The Balaban J connectivity index is 0.000000605. The molecule has 0 bridgehead atoms. The van der Waals surface area contributed by atoms with E-state index in [1.54, 1.807) is 6.67 Å². The molecule has 4 heteroatoms. The Labute approximate surface area is 79.3 Å². The van der Waals surface area contributed by atoms with Crippen molar-refractivity contribution in [2.75, 3.05) is 10.6 Å². The Morgan fingerprint density at radius 2 is 2.27 bits per heavy atom. The number of aryl methyl sites for hydroxylation is 1. The molecule has 0 spiro atoms. The fourth-order valence-electron chi connectivity index (χ4n) is 0.976. The van der Waals surface area contributed by atoms with Crippen molar-refractivity contribution in [1.82, 2.24) is 4.98 Å². The largest absolute Gasteiger partial charge is 0.513 e. The molecule has 0 fully saturated rings. The summed E-state index contributed by atoms with van der Waals surface area (Å²) in [7, 11) is 0. The Kier molecular flexibility index (Phi) is 2.48. The van der Waals surface area contributed by atoms with Gasteiger partial charge in [0.25, 0.3) is 0 Å². The van der Waals surface area contributed by atoms with Gasteiger partial charge in [-0.25, -0.2) is 4.98 Å². The average Bonchev–Trinajstić information content (AvgIpc) is 2.33. The third-order valence-electron chi connectivity index (χ3n) is 1.46. The molecule has 11 heavy (non-hydrogen) atoms. The van der Waals surface area contributed by atoms with Gasteiger partial charge in [-0.3, -0.25) is 0 Å². The first-order chi connectivity index (χ1) is 4.86. The van der Waals surface area contributed by atoms with Crippen LogP contribution in [0.15, 0.2) is 12.3 Å². The van der Waals surface area contributed by atoms with E-state index in [1.807, 2.05) is 13.1 Å². The molecule has 0 amide bonds. The number of fused-ring (bicyclic) bond motifs is 1. The fraction of sp³-hybridized carbons (Fsp3) is 0.143. The van der Waals surface area contributed by atoms with E-state index in [1.165, 1.54) is 5.56 Å². The van der Waals surface area contributed by atoms with E-state index in [0.29, 0.717) is 0 Å². The summed E-state index contributed by atoms with van der Waals surface area (Å²) in [6.45, 7) is 3.80. The molecule has 3 nitrogen and oxygen atoms in total. The molecule has 2 N–H and O–H groups in total. The van der Waals surface area contributed by atoms with Gasteiger partial charge >= 0.3 is 0 Å². The van der Waals surface area contributed by atoms with Crippen LogP contribution >= 0.6 is 0 Å². The van der Waals surface area contributed by atoms with Gasteiger partial charge in [0.15, 0.2) is 0 Å². The van der Waals surface area contributed by atoms with Crippen LogP contribution in [0.1, 0.15) is 5.56 Å². The van der Waals surface area contributed by atoms with Gasteiger partial charge in [-0.05, 0) is 18.6 Å². The topological polar surface area (TPSA) is 37.0 Å². The monoisotopic (exact) mass is 321 g/mol. The van der Waals surface area contributed by atoms with E-state index in [0.717, 1.165) is 11.5 Å². The van der Waals surface area contributed by atoms with Crippen LogP contribution in [0.2, 0.25) is 0 Å². The zero-order chi connectivity index (χ0) is 6.97. The van der Waals surface area contributed by atoms with Crippen molar-refractivity contribution in [2.24, 2.45) is 0 Å². The van der Waals surface area contributed by atoms with Gasteiger partial charge in [-0.1, -0.05) is 0 Å². The van der Waals surface area contributed by atoms with Gasteiger partial charge in [0.1, 0.15) is 5.82 Å². The number of hydrogen-bond donors (Lipinski definition) is 2. The van der Waals surface area contributed by atoms with Gasteiger partial charge in [0.2, 0.25) is 0 Å². The fourth-order valence-corrected chi connectivity index (χ4v) is 0.976. The Bertz CT molecular complexity index is 262. The Morgan fingerprint density at radius 3 is 3.09 bits per heavy atom. The average molecular weight is 320 g/mol. The summed E-state index contributed by atoms with van der Waals surface area (Å²) >= 11 is 0. The first-order valence-corrected chi connectivity index (χ1v) is 3.18. The van der Waals surface area contributed by atoms with Crippen LogP contribution in [0.25, 0.3) is 0 Å². The summed E-state index contributed by atoms with van der Waals surface area (Å²) in [6, 6.07) is 2.05. The van der Waals surface area contributed by atoms with Crippen molar-refractivity contribution in [3.63, 3.8) is 0 Å². The SMILES string of the molecule is Cc1cnc2c(c1)N[CH-]N2.[Re]. The normalized spacial score (nSPS) is 12.5. The van der Waals surface area contributed by atoms with Crippen LogP contribution in [-0.2, 0) is 20.4 Å². The maximum atomic E-state index is 4.15. The molecule has 0 saturated carbocycles. The van der Waals surface area contributed by atoms with Crippen LogP contribution < -0.4 is 10.6 Å². The number of rotatable bonds is 0. The summed E-state index contributed by atoms with van der Waals surface area (Å²) in [5.41, 5.74) is 2.23. The predicted octanol–water partition coefficient (Wildman–Crippen LogP) is 1.34. The maximum absolute atomic E-state index is 4.15. The maximum Gasteiger partial charge on any atom is 0.119 e. The summed E-state index contributed by atoms with van der Waals surface area (Å²) in [5, 5.41) is 6.02. The molecule has 0 aromatic carbocycles. The van der Waals surface area contributed by atoms with Gasteiger partial charge in [-0.2, -0.15) is 6.67 Å². The molecule has 1 aliphatic heterocycles. The molecule has 0 atom stereocenters. The van der Waals surface area contributed by atoms with Crippen molar-refractivity contribution in [1.29, 1.82) is 0 Å². The minimum atomic E-state index is 0. The zero-order valence-corrected chi connectivity index (χ0v) is 8.77. The quantitative estimate of drug-likeness (QED) is 0.709. The van der Waals surface area contributed by atoms with Gasteiger partial charge in [0.05, 0.1) is 0 Å². The van der Waals surface area contributed by atoms with Crippen LogP contribution in [0.4, 0.5) is 11.5 Å². The van der Waals surface area contributed by atoms with Crippen molar-refractivity contribution >= 4 is 11.5 Å². The minimum absolute atomic E-state index is 0. The second-order valence-electron chi connectivity index (χ2n) is 2.34. The molecular weight excluding hydrogens is 312 g/mol. The molecule has 0 aliphatic carbocycles. The molecule has 59 valence electrons. The number of nitrogens with zero attached hydrogens (tertiary/aromatic N) is 1. The predicted molar refractivity (Wildman–Crippen MR) is 40.5 cm³/mol. The van der Waals surface area contributed by atoms with Gasteiger partial charge in [-0.15, -0.1) is 0 Å². The van der Waals surface area contributed by atoms with E-state index in [4.69, 9.17) is 0 Å². The molecule has 1 aromatic heterocycles. The van der Waals surface area contributed by atoms with E-state index in [9.17, 15) is 0 Å². The molecular formula is C7H8N3Re-. The number of pyridine rings is 1. The number of hydrogen-bond acceptors (Lipinski definition) is 3. The van der Waals surface area contributed by atoms with E-state index in [-0.39, 0.29) is 20.4 Å². The number of aromatic nitrogens is 1. The molecule has 1 radical (unpaired) electrons. The second-order valence-corrected chi connectivity index (χ2v) is 2.34. The minimum Gasteiger partial charge on any atom is -0.513 e. The standard InChI is InChI=1S/C7H8N3.Re/c1-5-2-6-7(8-3-5)10-4-9-6;/h2-4,9H,1H3,(H,8,10);/q-1;. The van der Waals surface area contributed by atoms with Gasteiger partial charge in [0, 0.05) is 32.3 Å². The van der Waals surface area contributed by atoms with Crippen molar-refractivity contribution in [2.45, 2.75) is 6.92 Å². The summed E-state index contributed by atoms with van der Waals surface area (Å²) in [6.07, 6.45) is 1.84. The summed E-state index contributed by atoms with van der Waals surface area (Å²) < 4.78 is 0. The van der Waals surface area contributed by atoms with Gasteiger partial charge < -0.3 is 10.6 Å². The Morgan fingerprint density at radius 1 is 1.45 bits per heavy atom. The first kappa shape index (κ1) is 8.51. The first-order valence-electron chi connectivity index (χ1n) is 3.18. The third kappa shape index (κ3) is 1.53. The molecule has 2 rings (SSSR count). The molecule has 1 aliphatic rings.